The fraction of sp³-hybridized carbons (Fsp3) is 0.0417. The van der Waals surface area contributed by atoms with Gasteiger partial charge < -0.3 is 4.18 Å². The first kappa shape index (κ1) is 23.2. The summed E-state index contributed by atoms with van der Waals surface area (Å²) in [5, 5.41) is 2.54. The number of urea groups is 1. The number of nitrogens with zero attached hydrogens (tertiary/aromatic N) is 1. The molecule has 172 valence electrons. The monoisotopic (exact) mass is 496 g/mol. The zero-order chi connectivity index (χ0) is 24.5. The van der Waals surface area contributed by atoms with Gasteiger partial charge in [-0.3, -0.25) is 14.9 Å². The Morgan fingerprint density at radius 2 is 1.62 bits per heavy atom. The van der Waals surface area contributed by atoms with Gasteiger partial charge >= 0.3 is 16.1 Å². The van der Waals surface area contributed by atoms with E-state index in [0.717, 1.165) is 10.5 Å². The molecule has 1 aliphatic rings. The van der Waals surface area contributed by atoms with E-state index in [9.17, 15) is 22.8 Å². The molecule has 1 saturated heterocycles. The van der Waals surface area contributed by atoms with Crippen molar-refractivity contribution < 1.29 is 27.0 Å². The maximum Gasteiger partial charge on any atom is 0.339 e. The standard InChI is InChI=1S/C24H17ClN2O6S/c1-15-5-11-20(12-6-15)34(31,32)33-19-4-2-3-16(13-19)14-21-22(28)26-24(30)27(23(21)29)18-9-7-17(25)8-10-18/h2-14H,1H3,(H,26,28,30)/b21-14-. The largest absolute Gasteiger partial charge is 0.379 e. The van der Waals surface area contributed by atoms with E-state index in [-0.39, 0.29) is 21.9 Å². The van der Waals surface area contributed by atoms with Crippen LogP contribution in [0, 0.1) is 6.92 Å². The number of carbonyl (C=O) groups is 3. The number of anilines is 1. The second-order valence-corrected chi connectivity index (χ2v) is 9.34. The van der Waals surface area contributed by atoms with Crippen molar-refractivity contribution in [1.82, 2.24) is 5.32 Å². The average molecular weight is 497 g/mol. The molecule has 1 aliphatic heterocycles. The molecule has 0 saturated carbocycles. The molecule has 3 aromatic rings. The molecular weight excluding hydrogens is 480 g/mol. The van der Waals surface area contributed by atoms with Crippen molar-refractivity contribution in [2.24, 2.45) is 0 Å². The van der Waals surface area contributed by atoms with Crippen LogP contribution in [-0.4, -0.2) is 26.3 Å². The molecule has 0 aromatic heterocycles. The number of aryl methyl sites for hydroxylation is 1. The summed E-state index contributed by atoms with van der Waals surface area (Å²) in [5.41, 5.74) is 1.13. The fourth-order valence-corrected chi connectivity index (χ4v) is 4.23. The molecule has 4 amide bonds. The summed E-state index contributed by atoms with van der Waals surface area (Å²) in [4.78, 5) is 38.4. The summed E-state index contributed by atoms with van der Waals surface area (Å²) in [5.74, 6) is -1.72. The molecule has 0 radical (unpaired) electrons. The maximum atomic E-state index is 13.0. The van der Waals surface area contributed by atoms with Crippen molar-refractivity contribution in [3.63, 3.8) is 0 Å². The summed E-state index contributed by atoms with van der Waals surface area (Å²) >= 11 is 5.86. The Morgan fingerprint density at radius 3 is 2.29 bits per heavy atom. The lowest BCUT2D eigenvalue weighted by molar-refractivity contribution is -0.122. The number of halogens is 1. The van der Waals surface area contributed by atoms with Crippen molar-refractivity contribution in [3.05, 3.63) is 94.5 Å². The molecule has 3 aromatic carbocycles. The molecule has 34 heavy (non-hydrogen) atoms. The summed E-state index contributed by atoms with van der Waals surface area (Å²) in [6, 6.07) is 17.1. The molecule has 10 heteroatoms. The minimum Gasteiger partial charge on any atom is -0.379 e. The number of hydrogen-bond donors (Lipinski definition) is 1. The molecule has 0 unspecified atom stereocenters. The number of rotatable bonds is 5. The van der Waals surface area contributed by atoms with Crippen molar-refractivity contribution in [1.29, 1.82) is 0 Å². The topological polar surface area (TPSA) is 110 Å². The van der Waals surface area contributed by atoms with E-state index in [1.807, 2.05) is 6.92 Å². The van der Waals surface area contributed by atoms with Gasteiger partial charge in [0.15, 0.2) is 0 Å². The van der Waals surface area contributed by atoms with Gasteiger partial charge in [0.25, 0.3) is 11.8 Å². The lowest BCUT2D eigenvalue weighted by atomic mass is 10.1. The normalized spacial score (nSPS) is 15.4. The number of benzene rings is 3. The van der Waals surface area contributed by atoms with Crippen molar-refractivity contribution in [2.75, 3.05) is 4.90 Å². The molecule has 0 spiro atoms. The van der Waals surface area contributed by atoms with Gasteiger partial charge in [-0.1, -0.05) is 41.4 Å². The summed E-state index contributed by atoms with van der Waals surface area (Å²) in [6.45, 7) is 1.83. The minimum atomic E-state index is -4.09. The van der Waals surface area contributed by atoms with E-state index >= 15 is 0 Å². The summed E-state index contributed by atoms with van der Waals surface area (Å²) in [7, 11) is -4.09. The molecular formula is C24H17ClN2O6S. The molecule has 0 atom stereocenters. The zero-order valence-electron chi connectivity index (χ0n) is 17.7. The van der Waals surface area contributed by atoms with E-state index in [1.165, 1.54) is 60.7 Å². The van der Waals surface area contributed by atoms with Gasteiger partial charge in [0.1, 0.15) is 16.2 Å². The van der Waals surface area contributed by atoms with Crippen LogP contribution in [-0.2, 0) is 19.7 Å². The molecule has 1 fully saturated rings. The predicted molar refractivity (Wildman–Crippen MR) is 126 cm³/mol. The highest BCUT2D eigenvalue weighted by atomic mass is 35.5. The Bertz CT molecular complexity index is 1430. The third-order valence-corrected chi connectivity index (χ3v) is 6.38. The minimum absolute atomic E-state index is 0.00998. The molecule has 0 aliphatic carbocycles. The van der Waals surface area contributed by atoms with Gasteiger partial charge in [0.05, 0.1) is 5.69 Å². The second kappa shape index (κ2) is 9.12. The highest BCUT2D eigenvalue weighted by Crippen LogP contribution is 2.25. The molecule has 1 heterocycles. The predicted octanol–water partition coefficient (Wildman–Crippen LogP) is 4.08. The molecule has 4 rings (SSSR count). The number of hydrogen-bond acceptors (Lipinski definition) is 6. The third-order valence-electron chi connectivity index (χ3n) is 4.87. The summed E-state index contributed by atoms with van der Waals surface area (Å²) in [6.07, 6.45) is 1.25. The number of amides is 4. The lowest BCUT2D eigenvalue weighted by Gasteiger charge is -2.26. The van der Waals surface area contributed by atoms with Crippen LogP contribution in [0.15, 0.2) is 83.3 Å². The maximum absolute atomic E-state index is 13.0. The number of imide groups is 2. The van der Waals surface area contributed by atoms with Crippen molar-refractivity contribution in [3.8, 4) is 5.75 Å². The average Bonchev–Trinajstić information content (AvgIpc) is 2.78. The molecule has 8 nitrogen and oxygen atoms in total. The Labute approximate surface area is 200 Å². The van der Waals surface area contributed by atoms with Crippen LogP contribution >= 0.6 is 11.6 Å². The third kappa shape index (κ3) is 4.85. The van der Waals surface area contributed by atoms with Gasteiger partial charge in [-0.05, 0) is 67.1 Å². The van der Waals surface area contributed by atoms with E-state index in [2.05, 4.69) is 5.32 Å². The highest BCUT2D eigenvalue weighted by Gasteiger charge is 2.36. The molecule has 1 N–H and O–H groups in total. The highest BCUT2D eigenvalue weighted by molar-refractivity contribution is 7.87. The van der Waals surface area contributed by atoms with Crippen LogP contribution in [0.3, 0.4) is 0 Å². The van der Waals surface area contributed by atoms with Crippen LogP contribution in [0.4, 0.5) is 10.5 Å². The smallest absolute Gasteiger partial charge is 0.339 e. The van der Waals surface area contributed by atoms with Gasteiger partial charge in [-0.25, -0.2) is 9.69 Å². The Kier molecular flexibility index (Phi) is 6.23. The van der Waals surface area contributed by atoms with Crippen molar-refractivity contribution in [2.45, 2.75) is 11.8 Å². The SMILES string of the molecule is Cc1ccc(S(=O)(=O)Oc2cccc(/C=C3/C(=O)NC(=O)N(c4ccc(Cl)cc4)C3=O)c2)cc1. The van der Waals surface area contributed by atoms with Crippen LogP contribution in [0.2, 0.25) is 5.02 Å². The lowest BCUT2D eigenvalue weighted by Crippen LogP contribution is -2.54. The number of carbonyl (C=O) groups excluding carboxylic acids is 3. The fourth-order valence-electron chi connectivity index (χ4n) is 3.18. The number of nitrogens with one attached hydrogen (secondary N) is 1. The van der Waals surface area contributed by atoms with Gasteiger partial charge in [-0.15, -0.1) is 0 Å². The quantitative estimate of drug-likeness (QED) is 0.324. The van der Waals surface area contributed by atoms with Crippen molar-refractivity contribution >= 4 is 51.3 Å². The van der Waals surface area contributed by atoms with Gasteiger partial charge in [0.2, 0.25) is 0 Å². The first-order valence-electron chi connectivity index (χ1n) is 9.92. The molecule has 0 bridgehead atoms. The van der Waals surface area contributed by atoms with Crippen LogP contribution < -0.4 is 14.4 Å². The van der Waals surface area contributed by atoms with E-state index < -0.39 is 28.0 Å². The second-order valence-electron chi connectivity index (χ2n) is 7.36. The van der Waals surface area contributed by atoms with E-state index in [4.69, 9.17) is 15.8 Å². The van der Waals surface area contributed by atoms with Gasteiger partial charge in [0, 0.05) is 5.02 Å². The van der Waals surface area contributed by atoms with E-state index in [0.29, 0.717) is 10.6 Å². The van der Waals surface area contributed by atoms with Crippen LogP contribution in [0.1, 0.15) is 11.1 Å². The van der Waals surface area contributed by atoms with Crippen LogP contribution in [0.5, 0.6) is 5.75 Å². The first-order chi connectivity index (χ1) is 16.1. The summed E-state index contributed by atoms with van der Waals surface area (Å²) < 4.78 is 30.3. The van der Waals surface area contributed by atoms with Crippen LogP contribution in [0.25, 0.3) is 6.08 Å². The first-order valence-corrected chi connectivity index (χ1v) is 11.7. The van der Waals surface area contributed by atoms with Gasteiger partial charge in [-0.2, -0.15) is 8.42 Å². The Balaban J connectivity index is 1.63. The Morgan fingerprint density at radius 1 is 0.941 bits per heavy atom. The Hall–Kier alpha value is -3.95. The van der Waals surface area contributed by atoms with E-state index in [1.54, 1.807) is 18.2 Å². The zero-order valence-corrected chi connectivity index (χ0v) is 19.3. The number of barbiturate groups is 1.